The van der Waals surface area contributed by atoms with Crippen molar-refractivity contribution in [3.8, 4) is 0 Å². The summed E-state index contributed by atoms with van der Waals surface area (Å²) in [6.07, 6.45) is 0. The molecular formula is C112H147N7. The van der Waals surface area contributed by atoms with Crippen LogP contribution >= 0.6 is 0 Å². The Morgan fingerprint density at radius 2 is 0.185 bits per heavy atom. The standard InChI is InChI=1S/7C16H21N/c6*1-8-9(2)13(6)16-15(11(8)4)12(5)10(3)14(7)17-16;1-8-9(2)11(4)16-14(7)17-13(6)12(5)15(16)10(8)3/h7*1-7H3. The molecule has 7 aromatic carbocycles. The quantitative estimate of drug-likeness (QED) is 0.149. The van der Waals surface area contributed by atoms with E-state index in [1.54, 1.807) is 0 Å². The van der Waals surface area contributed by atoms with Crippen LogP contribution in [0.3, 0.4) is 0 Å². The smallest absolute Gasteiger partial charge is 0.0742 e. The van der Waals surface area contributed by atoms with Crippen LogP contribution in [0.2, 0.25) is 0 Å². The molecule has 630 valence electrons. The molecule has 119 heavy (non-hydrogen) atoms. The maximum atomic E-state index is 4.80. The number of fused-ring (bicyclic) bond motifs is 7. The first-order valence-corrected chi connectivity index (χ1v) is 43.4. The summed E-state index contributed by atoms with van der Waals surface area (Å²) in [5.74, 6) is 0. The van der Waals surface area contributed by atoms with E-state index in [2.05, 4.69) is 344 Å². The molecule has 0 amide bonds. The number of rotatable bonds is 0. The fourth-order valence-electron chi connectivity index (χ4n) is 18.4. The minimum absolute atomic E-state index is 1.15. The summed E-state index contributed by atoms with van der Waals surface area (Å²) in [7, 11) is 0. The number of aromatic nitrogens is 7. The van der Waals surface area contributed by atoms with Gasteiger partial charge in [0.1, 0.15) is 0 Å². The Morgan fingerprint density at radius 1 is 0.0756 bits per heavy atom. The van der Waals surface area contributed by atoms with Gasteiger partial charge in [-0.05, 0) is 573 Å². The van der Waals surface area contributed by atoms with Gasteiger partial charge in [0.2, 0.25) is 0 Å². The molecule has 7 nitrogen and oxygen atoms in total. The average molecular weight is 1590 g/mol. The van der Waals surface area contributed by atoms with Crippen molar-refractivity contribution in [1.82, 2.24) is 34.9 Å². The van der Waals surface area contributed by atoms with Crippen LogP contribution in [0.4, 0.5) is 0 Å². The van der Waals surface area contributed by atoms with Crippen LogP contribution in [0.25, 0.3) is 76.2 Å². The van der Waals surface area contributed by atoms with Gasteiger partial charge in [0.15, 0.2) is 0 Å². The minimum Gasteiger partial charge on any atom is -0.258 e. The Labute approximate surface area is 719 Å². The second kappa shape index (κ2) is 36.0. The lowest BCUT2D eigenvalue weighted by molar-refractivity contribution is 1.10. The van der Waals surface area contributed by atoms with E-state index in [0.717, 1.165) is 45.6 Å². The average Bonchev–Trinajstić information content (AvgIpc) is 0.853. The fourth-order valence-corrected chi connectivity index (χ4v) is 18.4. The molecular weight excluding hydrogens is 1440 g/mol. The topological polar surface area (TPSA) is 90.2 Å². The van der Waals surface area contributed by atoms with Crippen LogP contribution in [0.15, 0.2) is 0 Å². The zero-order valence-corrected chi connectivity index (χ0v) is 83.6. The fraction of sp³-hybridized carbons (Fsp3) is 0.438. The minimum atomic E-state index is 1.15. The Hall–Kier alpha value is -9.59. The monoisotopic (exact) mass is 1590 g/mol. The molecule has 0 saturated carbocycles. The molecule has 0 spiro atoms. The van der Waals surface area contributed by atoms with Crippen LogP contribution in [-0.2, 0) is 0 Å². The van der Waals surface area contributed by atoms with Crippen molar-refractivity contribution in [3.63, 3.8) is 0 Å². The van der Waals surface area contributed by atoms with Gasteiger partial charge in [-0.3, -0.25) is 34.9 Å². The maximum Gasteiger partial charge on any atom is 0.0742 e. The first-order valence-electron chi connectivity index (χ1n) is 43.4. The predicted molar refractivity (Wildman–Crippen MR) is 524 cm³/mol. The number of hydrogen-bond donors (Lipinski definition) is 0. The highest BCUT2D eigenvalue weighted by Crippen LogP contribution is 2.40. The van der Waals surface area contributed by atoms with Gasteiger partial charge >= 0.3 is 0 Å². The van der Waals surface area contributed by atoms with Gasteiger partial charge in [0, 0.05) is 83.3 Å². The van der Waals surface area contributed by atoms with E-state index >= 15 is 0 Å². The highest BCUT2D eigenvalue weighted by Gasteiger charge is 2.23. The molecule has 0 saturated heterocycles. The lowest BCUT2D eigenvalue weighted by Gasteiger charge is -2.18. The van der Waals surface area contributed by atoms with Gasteiger partial charge in [-0.1, -0.05) is 0 Å². The molecule has 0 N–H and O–H groups in total. The number of aryl methyl sites for hydroxylation is 29. The summed E-state index contributed by atoms with van der Waals surface area (Å²) in [4.78, 5) is 33.5. The number of nitrogens with zero attached hydrogens (tertiary/aromatic N) is 7. The van der Waals surface area contributed by atoms with E-state index in [0.29, 0.717) is 0 Å². The Bertz CT molecular complexity index is 5620. The second-order valence-electron chi connectivity index (χ2n) is 36.2. The number of benzene rings is 7. The number of hydrogen-bond acceptors (Lipinski definition) is 7. The molecule has 0 atom stereocenters. The van der Waals surface area contributed by atoms with Gasteiger partial charge in [-0.15, -0.1) is 0 Å². The highest BCUT2D eigenvalue weighted by atomic mass is 14.7. The largest absolute Gasteiger partial charge is 0.258 e. The molecule has 7 aromatic heterocycles. The van der Waals surface area contributed by atoms with Gasteiger partial charge < -0.3 is 0 Å². The normalized spacial score (nSPS) is 11.2. The van der Waals surface area contributed by atoms with Crippen LogP contribution in [-0.4, -0.2) is 34.9 Å². The predicted octanol–water partition coefficient (Wildman–Crippen LogP) is 30.8. The Kier molecular flexibility index (Phi) is 28.7. The molecule has 14 aromatic rings. The molecule has 7 heterocycles. The third kappa shape index (κ3) is 16.8. The van der Waals surface area contributed by atoms with Gasteiger partial charge in [-0.2, -0.15) is 0 Å². The molecule has 0 radical (unpaired) electrons. The number of pyridine rings is 7. The maximum absolute atomic E-state index is 4.80. The summed E-state index contributed by atoms with van der Waals surface area (Å²) in [5.41, 5.74) is 72.5. The third-order valence-electron chi connectivity index (χ3n) is 30.8. The lowest BCUT2D eigenvalue weighted by atomic mass is 9.89. The molecule has 0 aliphatic rings. The molecule has 0 fully saturated rings. The summed E-state index contributed by atoms with van der Waals surface area (Å²) >= 11 is 0. The zero-order valence-electron chi connectivity index (χ0n) is 83.6. The van der Waals surface area contributed by atoms with E-state index in [1.165, 1.54) is 304 Å². The molecule has 0 aliphatic carbocycles. The van der Waals surface area contributed by atoms with Crippen LogP contribution in [0.5, 0.6) is 0 Å². The molecule has 14 rings (SSSR count). The first kappa shape index (κ1) is 94.9. The van der Waals surface area contributed by atoms with Gasteiger partial charge in [0.25, 0.3) is 0 Å². The van der Waals surface area contributed by atoms with Crippen molar-refractivity contribution in [2.75, 3.05) is 0 Å². The molecule has 0 bridgehead atoms. The summed E-state index contributed by atoms with van der Waals surface area (Å²) in [6.45, 7) is 107. The highest BCUT2D eigenvalue weighted by molar-refractivity contribution is 5.98. The Balaban J connectivity index is 0.000000173. The van der Waals surface area contributed by atoms with Crippen LogP contribution in [0, 0.1) is 339 Å². The summed E-state index contributed by atoms with van der Waals surface area (Å²) in [6, 6.07) is 0. The second-order valence-corrected chi connectivity index (χ2v) is 36.2. The van der Waals surface area contributed by atoms with Crippen LogP contribution < -0.4 is 0 Å². The zero-order chi connectivity index (χ0) is 90.3. The SMILES string of the molecule is Cc1nc(C)c2c(C)c(C)c(C)c(C)c2c1C.Cc1nc2c(C)c(C)c(C)c(C)c2c(C)c1C.Cc1nc2c(C)c(C)c(C)c(C)c2c(C)c1C.Cc1nc2c(C)c(C)c(C)c(C)c2c(C)c1C.Cc1nc2c(C)c(C)c(C)c(C)c2c(C)c1C.Cc1nc2c(C)c(C)c(C)c(C)c2c(C)c1C.Cc1nc2c(C)c(C)c(C)c(C)c2c(C)c1C. The van der Waals surface area contributed by atoms with E-state index in [9.17, 15) is 0 Å². The molecule has 0 aliphatic heterocycles. The van der Waals surface area contributed by atoms with Crippen molar-refractivity contribution >= 4 is 76.2 Å². The Morgan fingerprint density at radius 3 is 0.336 bits per heavy atom. The van der Waals surface area contributed by atoms with E-state index in [4.69, 9.17) is 29.9 Å². The van der Waals surface area contributed by atoms with Crippen molar-refractivity contribution in [2.24, 2.45) is 0 Å². The first-order chi connectivity index (χ1) is 55.0. The summed E-state index contributed by atoms with van der Waals surface area (Å²) in [5, 5.41) is 10.9. The lowest BCUT2D eigenvalue weighted by Crippen LogP contribution is -2.01. The van der Waals surface area contributed by atoms with Crippen molar-refractivity contribution in [3.05, 3.63) is 274 Å². The van der Waals surface area contributed by atoms with Gasteiger partial charge in [-0.25, -0.2) is 0 Å². The van der Waals surface area contributed by atoms with E-state index < -0.39 is 0 Å². The van der Waals surface area contributed by atoms with Crippen LogP contribution in [0.1, 0.15) is 274 Å². The molecule has 7 heteroatoms. The molecule has 0 unspecified atom stereocenters. The van der Waals surface area contributed by atoms with Crippen molar-refractivity contribution in [1.29, 1.82) is 0 Å². The third-order valence-corrected chi connectivity index (χ3v) is 30.8. The van der Waals surface area contributed by atoms with E-state index in [1.807, 2.05) is 0 Å². The summed E-state index contributed by atoms with van der Waals surface area (Å²) < 4.78 is 0. The van der Waals surface area contributed by atoms with Crippen molar-refractivity contribution < 1.29 is 0 Å². The van der Waals surface area contributed by atoms with Gasteiger partial charge in [0.05, 0.1) is 33.1 Å². The van der Waals surface area contributed by atoms with E-state index in [-0.39, 0.29) is 0 Å². The van der Waals surface area contributed by atoms with Crippen molar-refractivity contribution in [2.45, 2.75) is 339 Å².